The Morgan fingerprint density at radius 1 is 1.10 bits per heavy atom. The molecule has 1 aromatic carbocycles. The standard InChI is InChI=1S/C27H44NO/c1-6-7-8-12-17-28-18-22(4)24-15-16-25(26(24,28)5)27(20-28,21(2)3)29-19-23-13-10-9-11-14-23/h9-11,13-14,21-22,24-25H,6-8,12,15-20H2,1-5H3/q+1/t22-,24+,25+,26-,27+,28+/m1/s1. The van der Waals surface area contributed by atoms with Crippen molar-refractivity contribution < 1.29 is 9.22 Å². The van der Waals surface area contributed by atoms with Crippen LogP contribution in [-0.2, 0) is 11.3 Å². The van der Waals surface area contributed by atoms with E-state index in [1.807, 2.05) is 0 Å². The summed E-state index contributed by atoms with van der Waals surface area (Å²) in [6.07, 6.45) is 8.29. The summed E-state index contributed by atoms with van der Waals surface area (Å²) in [4.78, 5) is 0. The van der Waals surface area contributed by atoms with Gasteiger partial charge in [-0.15, -0.1) is 0 Å². The van der Waals surface area contributed by atoms with Gasteiger partial charge in [0.1, 0.15) is 17.7 Å². The van der Waals surface area contributed by atoms with Crippen LogP contribution in [0.3, 0.4) is 0 Å². The molecule has 2 nitrogen and oxygen atoms in total. The normalized spacial score (nSPS) is 40.7. The molecule has 0 amide bonds. The van der Waals surface area contributed by atoms with Crippen LogP contribution in [0.25, 0.3) is 0 Å². The minimum atomic E-state index is 0.0320. The predicted molar refractivity (Wildman–Crippen MR) is 122 cm³/mol. The predicted octanol–water partition coefficient (Wildman–Crippen LogP) is 6.44. The largest absolute Gasteiger partial charge is 0.364 e. The Labute approximate surface area is 179 Å². The van der Waals surface area contributed by atoms with Gasteiger partial charge in [0.15, 0.2) is 0 Å². The van der Waals surface area contributed by atoms with Crippen LogP contribution in [0.4, 0.5) is 0 Å². The lowest BCUT2D eigenvalue weighted by Crippen LogP contribution is -2.58. The van der Waals surface area contributed by atoms with Crippen molar-refractivity contribution in [2.45, 2.75) is 90.9 Å². The van der Waals surface area contributed by atoms with Gasteiger partial charge in [-0.25, -0.2) is 0 Å². The van der Waals surface area contributed by atoms with Crippen molar-refractivity contribution in [3.63, 3.8) is 0 Å². The molecule has 3 aliphatic rings. The lowest BCUT2D eigenvalue weighted by Gasteiger charge is -2.43. The van der Waals surface area contributed by atoms with Crippen molar-refractivity contribution in [2.75, 3.05) is 19.6 Å². The summed E-state index contributed by atoms with van der Waals surface area (Å²) in [5, 5.41) is 0. The van der Waals surface area contributed by atoms with Crippen molar-refractivity contribution in [1.29, 1.82) is 0 Å². The van der Waals surface area contributed by atoms with Crippen molar-refractivity contribution in [3.05, 3.63) is 35.9 Å². The third kappa shape index (κ3) is 3.21. The van der Waals surface area contributed by atoms with Crippen LogP contribution < -0.4 is 0 Å². The minimum absolute atomic E-state index is 0.0320. The molecule has 0 bridgehead atoms. The highest BCUT2D eigenvalue weighted by atomic mass is 16.5. The number of rotatable bonds is 9. The van der Waals surface area contributed by atoms with Crippen molar-refractivity contribution in [1.82, 2.24) is 0 Å². The third-order valence-corrected chi connectivity index (χ3v) is 9.48. The van der Waals surface area contributed by atoms with E-state index in [1.165, 1.54) is 68.2 Å². The molecule has 0 aromatic heterocycles. The van der Waals surface area contributed by atoms with E-state index in [2.05, 4.69) is 65.0 Å². The lowest BCUT2D eigenvalue weighted by molar-refractivity contribution is -0.956. The zero-order chi connectivity index (χ0) is 20.7. The average Bonchev–Trinajstić information content (AvgIpc) is 3.25. The number of benzene rings is 1. The fraction of sp³-hybridized carbons (Fsp3) is 0.778. The second-order valence-corrected chi connectivity index (χ2v) is 11.1. The van der Waals surface area contributed by atoms with Crippen LogP contribution in [-0.4, -0.2) is 35.3 Å². The summed E-state index contributed by atoms with van der Waals surface area (Å²) in [6.45, 7) is 17.2. The van der Waals surface area contributed by atoms with E-state index < -0.39 is 0 Å². The maximum atomic E-state index is 7.04. The van der Waals surface area contributed by atoms with E-state index in [0.29, 0.717) is 17.4 Å². The smallest absolute Gasteiger partial charge is 0.128 e. The van der Waals surface area contributed by atoms with E-state index in [-0.39, 0.29) is 5.60 Å². The molecule has 0 N–H and O–H groups in total. The number of hydrogen-bond donors (Lipinski definition) is 0. The Hall–Kier alpha value is -0.860. The van der Waals surface area contributed by atoms with Crippen LogP contribution in [0.15, 0.2) is 30.3 Å². The van der Waals surface area contributed by atoms with Gasteiger partial charge in [0.2, 0.25) is 0 Å². The summed E-state index contributed by atoms with van der Waals surface area (Å²) in [5.74, 6) is 3.04. The number of quaternary nitrogens is 1. The Morgan fingerprint density at radius 2 is 1.86 bits per heavy atom. The van der Waals surface area contributed by atoms with E-state index >= 15 is 0 Å². The zero-order valence-electron chi connectivity index (χ0n) is 19.6. The van der Waals surface area contributed by atoms with Crippen LogP contribution in [0.1, 0.15) is 78.7 Å². The first kappa shape index (κ1) is 21.4. The molecule has 2 aliphatic heterocycles. The monoisotopic (exact) mass is 398 g/mol. The van der Waals surface area contributed by atoms with Gasteiger partial charge < -0.3 is 9.22 Å². The molecule has 1 aromatic rings. The minimum Gasteiger partial charge on any atom is -0.364 e. The summed E-state index contributed by atoms with van der Waals surface area (Å²) >= 11 is 0. The van der Waals surface area contributed by atoms with Crippen LogP contribution >= 0.6 is 0 Å². The van der Waals surface area contributed by atoms with Crippen molar-refractivity contribution in [2.24, 2.45) is 23.7 Å². The van der Waals surface area contributed by atoms with Gasteiger partial charge in [-0.3, -0.25) is 0 Å². The Bertz CT molecular complexity index is 687. The van der Waals surface area contributed by atoms with Crippen LogP contribution in [0.2, 0.25) is 0 Å². The summed E-state index contributed by atoms with van der Waals surface area (Å²) in [5.41, 5.74) is 1.78. The highest BCUT2D eigenvalue weighted by Crippen LogP contribution is 2.66. The first-order valence-corrected chi connectivity index (χ1v) is 12.4. The number of hydrogen-bond acceptors (Lipinski definition) is 1. The lowest BCUT2D eigenvalue weighted by atomic mass is 9.72. The zero-order valence-corrected chi connectivity index (χ0v) is 19.6. The molecule has 2 heteroatoms. The summed E-state index contributed by atoms with van der Waals surface area (Å²) in [6, 6.07) is 10.8. The topological polar surface area (TPSA) is 9.23 Å². The van der Waals surface area contributed by atoms with Gasteiger partial charge in [-0.05, 0) is 44.1 Å². The molecule has 2 heterocycles. The van der Waals surface area contributed by atoms with E-state index in [9.17, 15) is 0 Å². The molecule has 4 rings (SSSR count). The molecular weight excluding hydrogens is 354 g/mol. The molecule has 1 aliphatic carbocycles. The average molecular weight is 399 g/mol. The molecule has 29 heavy (non-hydrogen) atoms. The van der Waals surface area contributed by atoms with Gasteiger partial charge in [-0.2, -0.15) is 0 Å². The van der Waals surface area contributed by atoms with Gasteiger partial charge in [0, 0.05) is 17.8 Å². The second kappa shape index (κ2) is 8.00. The van der Waals surface area contributed by atoms with Crippen LogP contribution in [0.5, 0.6) is 0 Å². The van der Waals surface area contributed by atoms with Gasteiger partial charge in [0.05, 0.1) is 19.7 Å². The van der Waals surface area contributed by atoms with E-state index in [0.717, 1.165) is 18.4 Å². The molecule has 3 fully saturated rings. The molecule has 1 saturated carbocycles. The van der Waals surface area contributed by atoms with E-state index in [4.69, 9.17) is 4.74 Å². The molecule has 2 saturated heterocycles. The first-order valence-electron chi connectivity index (χ1n) is 12.4. The quantitative estimate of drug-likeness (QED) is 0.343. The Kier molecular flexibility index (Phi) is 5.90. The highest BCUT2D eigenvalue weighted by Gasteiger charge is 2.77. The molecular formula is C27H44NO+. The summed E-state index contributed by atoms with van der Waals surface area (Å²) in [7, 11) is 0. The maximum absolute atomic E-state index is 7.04. The molecule has 0 spiro atoms. The molecule has 162 valence electrons. The summed E-state index contributed by atoms with van der Waals surface area (Å²) < 4.78 is 8.39. The number of nitrogens with zero attached hydrogens (tertiary/aromatic N) is 1. The van der Waals surface area contributed by atoms with Gasteiger partial charge in [-0.1, -0.05) is 70.9 Å². The first-order chi connectivity index (χ1) is 13.9. The van der Waals surface area contributed by atoms with E-state index in [1.54, 1.807) is 0 Å². The van der Waals surface area contributed by atoms with Crippen molar-refractivity contribution >= 4 is 0 Å². The molecule has 6 atom stereocenters. The Balaban J connectivity index is 1.64. The highest BCUT2D eigenvalue weighted by molar-refractivity contribution is 5.18. The molecule has 0 unspecified atom stereocenters. The SMILES string of the molecule is CCCCCC[N@@+]12C[C@@H](C)[C@@H]3CC[C@@H]([C@@]31C)[C@@](OCc1ccccc1)(C(C)C)C2. The fourth-order valence-corrected chi connectivity index (χ4v) is 8.11. The Morgan fingerprint density at radius 3 is 2.55 bits per heavy atom. The fourth-order valence-electron chi connectivity index (χ4n) is 8.11. The maximum Gasteiger partial charge on any atom is 0.128 e. The number of ether oxygens (including phenoxy) is 1. The van der Waals surface area contributed by atoms with Gasteiger partial charge >= 0.3 is 0 Å². The van der Waals surface area contributed by atoms with Gasteiger partial charge in [0.25, 0.3) is 0 Å². The van der Waals surface area contributed by atoms with Crippen molar-refractivity contribution in [3.8, 4) is 0 Å². The second-order valence-electron chi connectivity index (χ2n) is 11.1. The third-order valence-electron chi connectivity index (χ3n) is 9.48. The van der Waals surface area contributed by atoms with Crippen LogP contribution in [0, 0.1) is 23.7 Å². The molecule has 0 radical (unpaired) electrons. The number of unbranched alkanes of at least 4 members (excludes halogenated alkanes) is 3.